The molecule has 5 heteroatoms. The minimum Gasteiger partial charge on any atom is -0.507 e. The van der Waals surface area contributed by atoms with Crippen molar-refractivity contribution in [2.24, 2.45) is 0 Å². The first-order valence-corrected chi connectivity index (χ1v) is 6.21. The van der Waals surface area contributed by atoms with Gasteiger partial charge in [0.2, 0.25) is 0 Å². The van der Waals surface area contributed by atoms with Gasteiger partial charge in [0.1, 0.15) is 17.6 Å². The average Bonchev–Trinajstić information content (AvgIpc) is 2.41. The Hall–Kier alpha value is -1.59. The number of hydrogen-bond donors (Lipinski definition) is 2. The van der Waals surface area contributed by atoms with Crippen LogP contribution >= 0.6 is 0 Å². The van der Waals surface area contributed by atoms with Crippen molar-refractivity contribution >= 4 is 5.78 Å². The first-order valence-electron chi connectivity index (χ1n) is 6.21. The van der Waals surface area contributed by atoms with Crippen LogP contribution in [0.1, 0.15) is 40.9 Å². The number of phenols is 1. The van der Waals surface area contributed by atoms with Crippen molar-refractivity contribution in [3.8, 4) is 11.5 Å². The summed E-state index contributed by atoms with van der Waals surface area (Å²) >= 11 is 0. The van der Waals surface area contributed by atoms with E-state index in [0.29, 0.717) is 23.3 Å². The van der Waals surface area contributed by atoms with Gasteiger partial charge < -0.3 is 19.7 Å². The van der Waals surface area contributed by atoms with Gasteiger partial charge >= 0.3 is 0 Å². The third-order valence-corrected chi connectivity index (χ3v) is 3.61. The van der Waals surface area contributed by atoms with Crippen LogP contribution in [0, 0.1) is 0 Å². The molecule has 104 valence electrons. The van der Waals surface area contributed by atoms with Crippen molar-refractivity contribution < 1.29 is 24.5 Å². The van der Waals surface area contributed by atoms with Crippen LogP contribution in [-0.2, 0) is 11.2 Å². The quantitative estimate of drug-likeness (QED) is 0.869. The highest BCUT2D eigenvalue weighted by atomic mass is 16.5. The molecule has 0 aromatic heterocycles. The molecule has 0 unspecified atom stereocenters. The predicted molar refractivity (Wildman–Crippen MR) is 68.7 cm³/mol. The van der Waals surface area contributed by atoms with E-state index >= 15 is 0 Å². The molecule has 0 saturated carbocycles. The molecular formula is C14H18O5. The molecule has 0 amide bonds. The van der Waals surface area contributed by atoms with Crippen LogP contribution < -0.4 is 4.74 Å². The van der Waals surface area contributed by atoms with Gasteiger partial charge in [-0.25, -0.2) is 0 Å². The van der Waals surface area contributed by atoms with Gasteiger partial charge in [0, 0.05) is 24.7 Å². The summed E-state index contributed by atoms with van der Waals surface area (Å²) in [5, 5.41) is 20.4. The van der Waals surface area contributed by atoms with Crippen molar-refractivity contribution in [2.75, 3.05) is 14.2 Å². The van der Waals surface area contributed by atoms with Gasteiger partial charge in [-0.3, -0.25) is 4.79 Å². The Morgan fingerprint density at radius 2 is 2.11 bits per heavy atom. The van der Waals surface area contributed by atoms with Crippen LogP contribution in [0.15, 0.2) is 6.07 Å². The monoisotopic (exact) mass is 266 g/mol. The van der Waals surface area contributed by atoms with Gasteiger partial charge in [0.05, 0.1) is 18.8 Å². The minimum atomic E-state index is -0.941. The number of aliphatic hydroxyl groups is 1. The van der Waals surface area contributed by atoms with Crippen LogP contribution in [0.4, 0.5) is 0 Å². The molecule has 2 N–H and O–H groups in total. The highest BCUT2D eigenvalue weighted by molar-refractivity contribution is 6.02. The van der Waals surface area contributed by atoms with E-state index in [9.17, 15) is 15.0 Å². The van der Waals surface area contributed by atoms with Crippen LogP contribution in [-0.4, -0.2) is 36.3 Å². The lowest BCUT2D eigenvalue weighted by molar-refractivity contribution is -0.0195. The summed E-state index contributed by atoms with van der Waals surface area (Å²) in [5.41, 5.74) is 1.14. The Balaban J connectivity index is 2.66. The number of carbonyl (C=O) groups is 1. The van der Waals surface area contributed by atoms with E-state index in [1.54, 1.807) is 6.07 Å². The SMILES string of the molecule is CCc1c(OC)cc2c(c1O)C(=O)C[C@H](OC)[C@H]2O. The molecule has 0 aliphatic heterocycles. The molecule has 0 heterocycles. The number of aromatic hydroxyl groups is 1. The van der Waals surface area contributed by atoms with E-state index in [1.165, 1.54) is 14.2 Å². The molecule has 2 atom stereocenters. The molecule has 0 bridgehead atoms. The maximum absolute atomic E-state index is 12.1. The standard InChI is InChI=1S/C14H18O5/c1-4-7-10(18-2)5-8-12(14(7)17)9(15)6-11(19-3)13(8)16/h5,11,13,16-17H,4,6H2,1-3H3/t11-,13-/m0/s1. The second kappa shape index (κ2) is 5.19. The Bertz CT molecular complexity index is 509. The predicted octanol–water partition coefficient (Wildman–Crippen LogP) is 1.60. The largest absolute Gasteiger partial charge is 0.507 e. The number of phenolic OH excluding ortho intramolecular Hbond substituents is 1. The van der Waals surface area contributed by atoms with Crippen molar-refractivity contribution in [3.63, 3.8) is 0 Å². The number of benzene rings is 1. The third kappa shape index (κ3) is 2.09. The molecule has 0 saturated heterocycles. The van der Waals surface area contributed by atoms with E-state index < -0.39 is 12.2 Å². The summed E-state index contributed by atoms with van der Waals surface area (Å²) in [4.78, 5) is 12.1. The number of fused-ring (bicyclic) bond motifs is 1. The number of ether oxygens (including phenoxy) is 2. The molecule has 2 rings (SSSR count). The molecule has 1 aromatic rings. The number of rotatable bonds is 3. The van der Waals surface area contributed by atoms with Crippen molar-refractivity contribution in [1.82, 2.24) is 0 Å². The van der Waals surface area contributed by atoms with Crippen LogP contribution in [0.5, 0.6) is 11.5 Å². The van der Waals surface area contributed by atoms with Gasteiger partial charge in [-0.2, -0.15) is 0 Å². The fourth-order valence-electron chi connectivity index (χ4n) is 2.56. The lowest BCUT2D eigenvalue weighted by atomic mass is 9.84. The van der Waals surface area contributed by atoms with E-state index in [2.05, 4.69) is 0 Å². The Morgan fingerprint density at radius 1 is 1.42 bits per heavy atom. The second-order valence-corrected chi connectivity index (χ2v) is 4.57. The molecule has 1 aliphatic carbocycles. The van der Waals surface area contributed by atoms with Gasteiger partial charge in [-0.05, 0) is 12.5 Å². The zero-order chi connectivity index (χ0) is 14.2. The number of aliphatic hydroxyl groups excluding tert-OH is 1. The molecule has 0 fully saturated rings. The molecular weight excluding hydrogens is 248 g/mol. The molecule has 0 radical (unpaired) electrons. The van der Waals surface area contributed by atoms with Crippen molar-refractivity contribution in [2.45, 2.75) is 32.0 Å². The van der Waals surface area contributed by atoms with Gasteiger partial charge in [-0.1, -0.05) is 6.92 Å². The highest BCUT2D eigenvalue weighted by Gasteiger charge is 2.36. The van der Waals surface area contributed by atoms with E-state index in [-0.39, 0.29) is 23.5 Å². The summed E-state index contributed by atoms with van der Waals surface area (Å²) in [6, 6.07) is 1.61. The Labute approximate surface area is 111 Å². The molecule has 0 spiro atoms. The van der Waals surface area contributed by atoms with E-state index in [1.807, 2.05) is 6.92 Å². The molecule has 19 heavy (non-hydrogen) atoms. The zero-order valence-corrected chi connectivity index (χ0v) is 11.3. The average molecular weight is 266 g/mol. The summed E-state index contributed by atoms with van der Waals surface area (Å²) in [6.45, 7) is 1.87. The molecule has 5 nitrogen and oxygen atoms in total. The first-order chi connectivity index (χ1) is 9.04. The third-order valence-electron chi connectivity index (χ3n) is 3.61. The van der Waals surface area contributed by atoms with Gasteiger partial charge in [0.25, 0.3) is 0 Å². The summed E-state index contributed by atoms with van der Waals surface area (Å²) in [7, 11) is 2.94. The van der Waals surface area contributed by atoms with Gasteiger partial charge in [-0.15, -0.1) is 0 Å². The lowest BCUT2D eigenvalue weighted by Crippen LogP contribution is -2.31. The van der Waals surface area contributed by atoms with E-state index in [4.69, 9.17) is 9.47 Å². The smallest absolute Gasteiger partial charge is 0.169 e. The first kappa shape index (κ1) is 13.8. The lowest BCUT2D eigenvalue weighted by Gasteiger charge is -2.29. The summed E-state index contributed by atoms with van der Waals surface area (Å²) < 4.78 is 10.3. The van der Waals surface area contributed by atoms with Gasteiger partial charge in [0.15, 0.2) is 5.78 Å². The maximum Gasteiger partial charge on any atom is 0.169 e. The van der Waals surface area contributed by atoms with Crippen LogP contribution in [0.3, 0.4) is 0 Å². The minimum absolute atomic E-state index is 0.0632. The summed E-state index contributed by atoms with van der Waals surface area (Å²) in [6.07, 6.45) is -0.924. The zero-order valence-electron chi connectivity index (χ0n) is 11.3. The number of methoxy groups -OCH3 is 2. The van der Waals surface area contributed by atoms with Crippen molar-refractivity contribution in [1.29, 1.82) is 0 Å². The highest BCUT2D eigenvalue weighted by Crippen LogP contribution is 2.42. The molecule has 1 aliphatic rings. The second-order valence-electron chi connectivity index (χ2n) is 4.57. The Morgan fingerprint density at radius 3 is 2.63 bits per heavy atom. The topological polar surface area (TPSA) is 76.0 Å². The Kier molecular flexibility index (Phi) is 3.78. The van der Waals surface area contributed by atoms with Crippen LogP contribution in [0.25, 0.3) is 0 Å². The number of ketones is 1. The fraction of sp³-hybridized carbons (Fsp3) is 0.500. The fourth-order valence-corrected chi connectivity index (χ4v) is 2.56. The number of Topliss-reactive ketones (excluding diaryl/α,β-unsaturated/α-hetero) is 1. The van der Waals surface area contributed by atoms with Crippen LogP contribution in [0.2, 0.25) is 0 Å². The number of carbonyl (C=O) groups excluding carboxylic acids is 1. The normalized spacial score (nSPS) is 22.2. The van der Waals surface area contributed by atoms with Crippen molar-refractivity contribution in [3.05, 3.63) is 22.8 Å². The molecule has 1 aromatic carbocycles. The maximum atomic E-state index is 12.1. The van der Waals surface area contributed by atoms with E-state index in [0.717, 1.165) is 0 Å². The number of hydrogen-bond acceptors (Lipinski definition) is 5. The summed E-state index contributed by atoms with van der Waals surface area (Å²) in [5.74, 6) is 0.166.